The summed E-state index contributed by atoms with van der Waals surface area (Å²) in [7, 11) is 1.09. The van der Waals surface area contributed by atoms with Crippen molar-refractivity contribution in [3.63, 3.8) is 0 Å². The number of phosphoric ester groups is 1. The topological polar surface area (TPSA) is 111 Å². The Morgan fingerprint density at radius 3 is 1.68 bits per heavy atom. The first-order valence-electron chi connectivity index (χ1n) is 20.6. The maximum absolute atomic E-state index is 12.6. The van der Waals surface area contributed by atoms with Crippen LogP contribution >= 0.6 is 7.82 Å². The highest BCUT2D eigenvalue weighted by Crippen LogP contribution is 2.38. The van der Waals surface area contributed by atoms with E-state index in [1.54, 1.807) is 0 Å². The molecule has 0 amide bonds. The second kappa shape index (κ2) is 37.3. The largest absolute Gasteiger partial charge is 0.756 e. The average Bonchev–Trinajstić information content (AvgIpc) is 3.15. The van der Waals surface area contributed by atoms with Crippen LogP contribution in [-0.2, 0) is 32.7 Å². The normalized spacial score (nSPS) is 14.8. The van der Waals surface area contributed by atoms with E-state index >= 15 is 0 Å². The number of esters is 2. The minimum Gasteiger partial charge on any atom is -0.756 e. The van der Waals surface area contributed by atoms with E-state index in [0.717, 1.165) is 70.6 Å². The van der Waals surface area contributed by atoms with Gasteiger partial charge in [-0.25, -0.2) is 0 Å². The first-order chi connectivity index (χ1) is 27.0. The molecule has 0 fully saturated rings. The lowest BCUT2D eigenvalue weighted by Gasteiger charge is -2.28. The number of nitrogens with zero attached hydrogens (tertiary/aromatic N) is 1. The second-order valence-corrected chi connectivity index (χ2v) is 15.7. The fourth-order valence-corrected chi connectivity index (χ4v) is 5.43. The van der Waals surface area contributed by atoms with E-state index in [4.69, 9.17) is 18.5 Å². The standard InChI is InChI=1S/C46H74NO8P/c1-6-8-10-12-14-16-18-20-22-23-25-27-29-31-33-35-37-39-46(49)55-44(43-54-56(50,51)53-41-40-47(3,4)5)42-52-45(48)38-36-34-32-30-28-26-24-21-19-17-15-13-11-9-7-2/h8-11,13-17,19-22,24-25,27,31,33,44H,6-7,12,18,23,26,28-30,32,34-43H2,1-5H3/b10-8+,11-9+,15-13+,16-14+,19-17+,22-20+,24-21+,27-25+,33-31+/t44-/m1/s1. The maximum Gasteiger partial charge on any atom is 0.306 e. The predicted octanol–water partition coefficient (Wildman–Crippen LogP) is 10.9. The Morgan fingerprint density at radius 1 is 0.571 bits per heavy atom. The molecule has 1 unspecified atom stereocenters. The van der Waals surface area contributed by atoms with Crippen LogP contribution in [0.4, 0.5) is 0 Å². The molecule has 56 heavy (non-hydrogen) atoms. The van der Waals surface area contributed by atoms with Crippen LogP contribution in [0, 0.1) is 0 Å². The fourth-order valence-electron chi connectivity index (χ4n) is 4.70. The molecular formula is C46H74NO8P. The number of likely N-dealkylation sites (N-methyl/N-ethyl adjacent to an activating group) is 1. The summed E-state index contributed by atoms with van der Waals surface area (Å²) in [5, 5.41) is 0. The summed E-state index contributed by atoms with van der Waals surface area (Å²) in [5.74, 6) is -0.945. The van der Waals surface area contributed by atoms with Gasteiger partial charge >= 0.3 is 11.9 Å². The molecule has 2 atom stereocenters. The molecule has 0 N–H and O–H groups in total. The first-order valence-corrected chi connectivity index (χ1v) is 22.1. The molecule has 0 saturated carbocycles. The van der Waals surface area contributed by atoms with E-state index in [9.17, 15) is 19.0 Å². The van der Waals surface area contributed by atoms with E-state index in [0.29, 0.717) is 30.3 Å². The van der Waals surface area contributed by atoms with E-state index in [1.165, 1.54) is 0 Å². The van der Waals surface area contributed by atoms with Crippen LogP contribution in [0.1, 0.15) is 117 Å². The quantitative estimate of drug-likeness (QED) is 0.0156. The van der Waals surface area contributed by atoms with Gasteiger partial charge in [0.2, 0.25) is 0 Å². The zero-order chi connectivity index (χ0) is 41.4. The summed E-state index contributed by atoms with van der Waals surface area (Å²) in [5.41, 5.74) is 0. The van der Waals surface area contributed by atoms with Crippen LogP contribution in [0.5, 0.6) is 0 Å². The molecule has 0 aromatic rings. The van der Waals surface area contributed by atoms with Gasteiger partial charge < -0.3 is 27.9 Å². The van der Waals surface area contributed by atoms with Gasteiger partial charge in [-0.15, -0.1) is 0 Å². The Morgan fingerprint density at radius 2 is 1.07 bits per heavy atom. The van der Waals surface area contributed by atoms with E-state index < -0.39 is 32.5 Å². The van der Waals surface area contributed by atoms with Crippen molar-refractivity contribution >= 4 is 19.8 Å². The Hall–Kier alpha value is -3.33. The fraction of sp³-hybridized carbons (Fsp3) is 0.565. The number of carbonyl (C=O) groups is 2. The molecule has 0 spiro atoms. The first kappa shape index (κ1) is 52.7. The Labute approximate surface area is 340 Å². The van der Waals surface area contributed by atoms with E-state index in [1.807, 2.05) is 57.6 Å². The molecule has 316 valence electrons. The number of hydrogen-bond acceptors (Lipinski definition) is 8. The van der Waals surface area contributed by atoms with E-state index in [2.05, 4.69) is 86.8 Å². The zero-order valence-electron chi connectivity index (χ0n) is 35.3. The molecule has 0 aliphatic rings. The van der Waals surface area contributed by atoms with Gasteiger partial charge in [-0.3, -0.25) is 14.2 Å². The molecule has 9 nitrogen and oxygen atoms in total. The van der Waals surface area contributed by atoms with Crippen LogP contribution in [0.15, 0.2) is 109 Å². The third-order valence-electron chi connectivity index (χ3n) is 7.88. The van der Waals surface area contributed by atoms with Crippen molar-refractivity contribution in [2.75, 3.05) is 47.5 Å². The van der Waals surface area contributed by atoms with Gasteiger partial charge in [-0.05, 0) is 70.6 Å². The molecule has 0 aromatic heterocycles. The number of carbonyl (C=O) groups excluding carboxylic acids is 2. The summed E-state index contributed by atoms with van der Waals surface area (Å²) < 4.78 is 33.7. The summed E-state index contributed by atoms with van der Waals surface area (Å²) in [6.45, 7) is 3.83. The Kier molecular flexibility index (Phi) is 35.0. The van der Waals surface area contributed by atoms with Gasteiger partial charge in [-0.1, -0.05) is 142 Å². The lowest BCUT2D eigenvalue weighted by molar-refractivity contribution is -0.870. The maximum atomic E-state index is 12.6. The van der Waals surface area contributed by atoms with Crippen molar-refractivity contribution < 1.29 is 42.1 Å². The second-order valence-electron chi connectivity index (χ2n) is 14.3. The predicted molar refractivity (Wildman–Crippen MR) is 231 cm³/mol. The molecule has 0 aliphatic carbocycles. The number of phosphoric acid groups is 1. The van der Waals surface area contributed by atoms with Crippen molar-refractivity contribution in [2.45, 2.75) is 123 Å². The van der Waals surface area contributed by atoms with Gasteiger partial charge in [-0.2, -0.15) is 0 Å². The van der Waals surface area contributed by atoms with Gasteiger partial charge in [0.05, 0.1) is 27.7 Å². The minimum atomic E-state index is -4.65. The van der Waals surface area contributed by atoms with Gasteiger partial charge in [0.1, 0.15) is 19.8 Å². The van der Waals surface area contributed by atoms with Gasteiger partial charge in [0, 0.05) is 12.8 Å². The summed E-state index contributed by atoms with van der Waals surface area (Å²) in [6, 6.07) is 0. The highest BCUT2D eigenvalue weighted by molar-refractivity contribution is 7.45. The molecule has 0 aliphatic heterocycles. The van der Waals surface area contributed by atoms with Crippen LogP contribution < -0.4 is 4.89 Å². The third kappa shape index (κ3) is 40.3. The van der Waals surface area contributed by atoms with Gasteiger partial charge in [0.15, 0.2) is 6.10 Å². The molecule has 0 saturated heterocycles. The Balaban J connectivity index is 4.57. The van der Waals surface area contributed by atoms with Crippen LogP contribution in [0.25, 0.3) is 0 Å². The molecule has 0 rings (SSSR count). The lowest BCUT2D eigenvalue weighted by atomic mass is 10.1. The molecule has 0 radical (unpaired) electrons. The highest BCUT2D eigenvalue weighted by atomic mass is 31.2. The minimum absolute atomic E-state index is 0.0528. The third-order valence-corrected chi connectivity index (χ3v) is 8.85. The molecule has 10 heteroatoms. The number of ether oxygens (including phenoxy) is 2. The molecule has 0 aromatic carbocycles. The number of rotatable bonds is 35. The number of allylic oxidation sites excluding steroid dienone is 18. The summed E-state index contributed by atoms with van der Waals surface area (Å²) in [6.07, 6.45) is 49.8. The molecule has 0 heterocycles. The molecule has 0 bridgehead atoms. The summed E-state index contributed by atoms with van der Waals surface area (Å²) in [4.78, 5) is 37.4. The van der Waals surface area contributed by atoms with Crippen molar-refractivity contribution in [3.8, 4) is 0 Å². The van der Waals surface area contributed by atoms with Crippen molar-refractivity contribution in [2.24, 2.45) is 0 Å². The van der Waals surface area contributed by atoms with Crippen LogP contribution in [-0.4, -0.2) is 70.0 Å². The monoisotopic (exact) mass is 800 g/mol. The van der Waals surface area contributed by atoms with Crippen molar-refractivity contribution in [3.05, 3.63) is 109 Å². The SMILES string of the molecule is CC/C=C/C=C/C=C/C=C/CCCCCCCC(=O)OC[C@H](COP(=O)([O-])OCC[N+](C)(C)C)OC(=O)CCC/C=C/C/C=C/C/C=C/C/C=C/C/C=C/CC. The number of hydrogen-bond donors (Lipinski definition) is 0. The lowest BCUT2D eigenvalue weighted by Crippen LogP contribution is -2.37. The highest BCUT2D eigenvalue weighted by Gasteiger charge is 2.21. The Bertz CT molecular complexity index is 1320. The summed E-state index contributed by atoms with van der Waals surface area (Å²) >= 11 is 0. The number of quaternary nitrogens is 1. The van der Waals surface area contributed by atoms with Crippen LogP contribution in [0.2, 0.25) is 0 Å². The van der Waals surface area contributed by atoms with Gasteiger partial charge in [0.25, 0.3) is 7.82 Å². The van der Waals surface area contributed by atoms with Crippen molar-refractivity contribution in [1.82, 2.24) is 0 Å². The molecular weight excluding hydrogens is 725 g/mol. The number of unbranched alkanes of at least 4 members (excludes halogenated alkanes) is 6. The van der Waals surface area contributed by atoms with E-state index in [-0.39, 0.29) is 26.1 Å². The van der Waals surface area contributed by atoms with Crippen LogP contribution in [0.3, 0.4) is 0 Å². The van der Waals surface area contributed by atoms with Crippen molar-refractivity contribution in [1.29, 1.82) is 0 Å². The zero-order valence-corrected chi connectivity index (χ0v) is 36.2. The smallest absolute Gasteiger partial charge is 0.306 e. The average molecular weight is 800 g/mol.